The Balaban J connectivity index is 2.53. The Morgan fingerprint density at radius 3 is 2.85 bits per heavy atom. The minimum absolute atomic E-state index is 0.690. The fraction of sp³-hybridized carbons (Fsp3) is 0. The van der Waals surface area contributed by atoms with E-state index in [4.69, 9.17) is 16.0 Å². The number of hydrogen-bond donors (Lipinski definition) is 0. The number of nitrogens with zero attached hydrogens (tertiary/aromatic N) is 1. The van der Waals surface area contributed by atoms with E-state index in [1.807, 2.05) is 18.2 Å². The third-order valence-corrected chi connectivity index (χ3v) is 2.52. The van der Waals surface area contributed by atoms with Crippen molar-refractivity contribution >= 4 is 27.5 Å². The predicted molar refractivity (Wildman–Crippen MR) is 54.6 cm³/mol. The zero-order valence-corrected chi connectivity index (χ0v) is 8.84. The lowest BCUT2D eigenvalue weighted by Crippen LogP contribution is -1.76. The lowest BCUT2D eigenvalue weighted by atomic mass is 10.2. The molecule has 1 aromatic carbocycles. The molecule has 0 bridgehead atoms. The molecule has 2 nitrogen and oxygen atoms in total. The molecular weight excluding hydrogens is 253 g/mol. The molecule has 0 radical (unpaired) electrons. The number of benzene rings is 1. The van der Waals surface area contributed by atoms with Crippen LogP contribution in [-0.4, -0.2) is 4.98 Å². The van der Waals surface area contributed by atoms with Crippen LogP contribution in [0, 0.1) is 0 Å². The van der Waals surface area contributed by atoms with Crippen LogP contribution in [0.4, 0.5) is 0 Å². The number of halogens is 2. The number of oxazole rings is 1. The fourth-order valence-corrected chi connectivity index (χ4v) is 1.92. The molecule has 0 aliphatic carbocycles. The molecule has 0 spiro atoms. The Morgan fingerprint density at radius 2 is 2.23 bits per heavy atom. The maximum Gasteiger partial charge on any atom is 0.181 e. The van der Waals surface area contributed by atoms with Gasteiger partial charge in [-0.1, -0.05) is 11.6 Å². The van der Waals surface area contributed by atoms with Gasteiger partial charge in [-0.15, -0.1) is 0 Å². The van der Waals surface area contributed by atoms with Crippen LogP contribution in [0.15, 0.2) is 39.7 Å². The standard InChI is InChI=1S/C9H5BrClNO/c10-8-3-6(11)1-2-7(8)9-4-12-5-13-9/h1-5H. The van der Waals surface area contributed by atoms with Crippen molar-refractivity contribution in [3.05, 3.63) is 40.3 Å². The molecule has 1 aromatic heterocycles. The molecule has 2 rings (SSSR count). The number of hydrogen-bond acceptors (Lipinski definition) is 2. The molecule has 66 valence electrons. The first kappa shape index (κ1) is 8.78. The smallest absolute Gasteiger partial charge is 0.181 e. The van der Waals surface area contributed by atoms with Crippen molar-refractivity contribution in [1.82, 2.24) is 4.98 Å². The highest BCUT2D eigenvalue weighted by molar-refractivity contribution is 9.10. The molecule has 0 N–H and O–H groups in total. The first-order chi connectivity index (χ1) is 6.27. The Bertz CT molecular complexity index is 414. The van der Waals surface area contributed by atoms with Crippen LogP contribution >= 0.6 is 27.5 Å². The normalized spacial score (nSPS) is 10.3. The molecule has 2 aromatic rings. The molecule has 13 heavy (non-hydrogen) atoms. The molecule has 1 heterocycles. The molecule has 0 amide bonds. The molecule has 0 saturated heterocycles. The SMILES string of the molecule is Clc1ccc(-c2cnco2)c(Br)c1. The third-order valence-electron chi connectivity index (χ3n) is 1.63. The molecular formula is C9H5BrClNO. The summed E-state index contributed by atoms with van der Waals surface area (Å²) < 4.78 is 6.06. The van der Waals surface area contributed by atoms with Gasteiger partial charge in [0.1, 0.15) is 0 Å². The van der Waals surface area contributed by atoms with Gasteiger partial charge in [0, 0.05) is 15.1 Å². The average molecular weight is 259 g/mol. The zero-order valence-electron chi connectivity index (χ0n) is 6.50. The van der Waals surface area contributed by atoms with Crippen molar-refractivity contribution in [3.8, 4) is 11.3 Å². The van der Waals surface area contributed by atoms with Crippen LogP contribution < -0.4 is 0 Å². The summed E-state index contributed by atoms with van der Waals surface area (Å²) in [6, 6.07) is 5.51. The van der Waals surface area contributed by atoms with Crippen molar-refractivity contribution < 1.29 is 4.42 Å². The Hall–Kier alpha value is -0.800. The molecule has 4 heteroatoms. The van der Waals surface area contributed by atoms with E-state index in [0.717, 1.165) is 15.8 Å². The van der Waals surface area contributed by atoms with E-state index in [9.17, 15) is 0 Å². The van der Waals surface area contributed by atoms with Gasteiger partial charge >= 0.3 is 0 Å². The van der Waals surface area contributed by atoms with Crippen LogP contribution in [0.1, 0.15) is 0 Å². The average Bonchev–Trinajstić information content (AvgIpc) is 2.56. The van der Waals surface area contributed by atoms with Crippen molar-refractivity contribution in [2.45, 2.75) is 0 Å². The van der Waals surface area contributed by atoms with Crippen LogP contribution in [0.5, 0.6) is 0 Å². The zero-order chi connectivity index (χ0) is 9.26. The topological polar surface area (TPSA) is 26.0 Å². The lowest BCUT2D eigenvalue weighted by molar-refractivity contribution is 0.571. The lowest BCUT2D eigenvalue weighted by Gasteiger charge is -1.99. The quantitative estimate of drug-likeness (QED) is 0.778. The van der Waals surface area contributed by atoms with Gasteiger partial charge in [0.2, 0.25) is 0 Å². The Labute approximate surface area is 88.7 Å². The summed E-state index contributed by atoms with van der Waals surface area (Å²) in [7, 11) is 0. The summed E-state index contributed by atoms with van der Waals surface area (Å²) in [6.07, 6.45) is 3.06. The van der Waals surface area contributed by atoms with E-state index in [1.54, 1.807) is 6.20 Å². The van der Waals surface area contributed by atoms with Crippen LogP contribution in [-0.2, 0) is 0 Å². The van der Waals surface area contributed by atoms with Crippen LogP contribution in [0.2, 0.25) is 5.02 Å². The Morgan fingerprint density at radius 1 is 1.38 bits per heavy atom. The summed E-state index contributed by atoms with van der Waals surface area (Å²) >= 11 is 9.20. The van der Waals surface area contributed by atoms with E-state index >= 15 is 0 Å². The van der Waals surface area contributed by atoms with Gasteiger partial charge in [-0.25, -0.2) is 4.98 Å². The van der Waals surface area contributed by atoms with E-state index < -0.39 is 0 Å². The van der Waals surface area contributed by atoms with Gasteiger partial charge < -0.3 is 4.42 Å². The first-order valence-corrected chi connectivity index (χ1v) is 4.78. The molecule has 0 aliphatic rings. The van der Waals surface area contributed by atoms with Crippen molar-refractivity contribution in [3.63, 3.8) is 0 Å². The molecule has 0 aliphatic heterocycles. The predicted octanol–water partition coefficient (Wildman–Crippen LogP) is 3.76. The van der Waals surface area contributed by atoms with Crippen molar-refractivity contribution in [2.75, 3.05) is 0 Å². The van der Waals surface area contributed by atoms with Gasteiger partial charge in [0.25, 0.3) is 0 Å². The van der Waals surface area contributed by atoms with Gasteiger partial charge in [-0.3, -0.25) is 0 Å². The molecule has 0 fully saturated rings. The van der Waals surface area contributed by atoms with E-state index in [0.29, 0.717) is 5.02 Å². The second kappa shape index (κ2) is 3.52. The van der Waals surface area contributed by atoms with E-state index in [1.165, 1.54) is 6.39 Å². The van der Waals surface area contributed by atoms with Crippen LogP contribution in [0.25, 0.3) is 11.3 Å². The Kier molecular flexibility index (Phi) is 2.38. The largest absolute Gasteiger partial charge is 0.443 e. The molecule has 0 saturated carbocycles. The first-order valence-electron chi connectivity index (χ1n) is 3.61. The fourth-order valence-electron chi connectivity index (χ4n) is 1.04. The minimum atomic E-state index is 0.690. The van der Waals surface area contributed by atoms with Crippen molar-refractivity contribution in [2.24, 2.45) is 0 Å². The van der Waals surface area contributed by atoms with E-state index in [2.05, 4.69) is 20.9 Å². The highest BCUT2D eigenvalue weighted by Crippen LogP contribution is 2.29. The van der Waals surface area contributed by atoms with Gasteiger partial charge in [0.15, 0.2) is 12.2 Å². The second-order valence-electron chi connectivity index (χ2n) is 2.49. The second-order valence-corrected chi connectivity index (χ2v) is 3.78. The van der Waals surface area contributed by atoms with Crippen molar-refractivity contribution in [1.29, 1.82) is 0 Å². The maximum atomic E-state index is 5.80. The highest BCUT2D eigenvalue weighted by Gasteiger charge is 2.05. The number of rotatable bonds is 1. The minimum Gasteiger partial charge on any atom is -0.443 e. The van der Waals surface area contributed by atoms with Gasteiger partial charge in [-0.05, 0) is 34.1 Å². The number of aromatic nitrogens is 1. The molecule has 0 unspecified atom stereocenters. The summed E-state index contributed by atoms with van der Waals surface area (Å²) in [5.74, 6) is 0.726. The summed E-state index contributed by atoms with van der Waals surface area (Å²) in [5, 5.41) is 0.690. The maximum absolute atomic E-state index is 5.80. The van der Waals surface area contributed by atoms with Gasteiger partial charge in [0.05, 0.1) is 6.20 Å². The van der Waals surface area contributed by atoms with E-state index in [-0.39, 0.29) is 0 Å². The molecule has 0 atom stereocenters. The monoisotopic (exact) mass is 257 g/mol. The summed E-state index contributed by atoms with van der Waals surface area (Å²) in [6.45, 7) is 0. The highest BCUT2D eigenvalue weighted by atomic mass is 79.9. The third kappa shape index (κ3) is 1.76. The van der Waals surface area contributed by atoms with Gasteiger partial charge in [-0.2, -0.15) is 0 Å². The summed E-state index contributed by atoms with van der Waals surface area (Å²) in [4.78, 5) is 3.84. The summed E-state index contributed by atoms with van der Waals surface area (Å²) in [5.41, 5.74) is 0.946. The van der Waals surface area contributed by atoms with Crippen LogP contribution in [0.3, 0.4) is 0 Å².